The van der Waals surface area contributed by atoms with Gasteiger partial charge in [-0.2, -0.15) is 0 Å². The Kier molecular flexibility index (Phi) is 3.78. The van der Waals surface area contributed by atoms with Gasteiger partial charge >= 0.3 is 5.97 Å². The van der Waals surface area contributed by atoms with Crippen LogP contribution in [-0.4, -0.2) is 23.3 Å². The summed E-state index contributed by atoms with van der Waals surface area (Å²) in [5.74, 6) is -0.467. The molecule has 0 unspecified atom stereocenters. The van der Waals surface area contributed by atoms with Gasteiger partial charge in [-0.05, 0) is 38.5 Å². The second-order valence-electron chi connectivity index (χ2n) is 5.32. The van der Waals surface area contributed by atoms with Crippen LogP contribution in [0.1, 0.15) is 44.8 Å². The number of carbonyl (C=O) groups is 2. The molecule has 118 valence electrons. The minimum atomic E-state index is -0.428. The number of benzene rings is 1. The fourth-order valence-corrected chi connectivity index (χ4v) is 2.70. The number of nitrogens with one attached hydrogen (secondary N) is 1. The van der Waals surface area contributed by atoms with Crippen LogP contribution in [0.15, 0.2) is 34.7 Å². The molecular formula is C18H17NO4. The number of hydrogen-bond donors (Lipinski definition) is 1. The SMILES string of the molecule is CCOC(=O)c1c(C)[nH]c(C(=O)c2cc3ccccc3o2)c1C. The second-order valence-corrected chi connectivity index (χ2v) is 5.32. The number of H-pyrrole nitrogens is 1. The standard InChI is InChI=1S/C18H17NO4/c1-4-22-18(21)15-10(2)16(19-11(15)3)17(20)14-9-12-7-5-6-8-13(12)23-14/h5-9,19H,4H2,1-3H3. The number of aryl methyl sites for hydroxylation is 1. The molecule has 1 aromatic carbocycles. The molecule has 2 heterocycles. The maximum absolute atomic E-state index is 12.7. The van der Waals surface area contributed by atoms with Crippen molar-refractivity contribution in [1.82, 2.24) is 4.98 Å². The molecule has 0 spiro atoms. The van der Waals surface area contributed by atoms with Crippen LogP contribution in [0.3, 0.4) is 0 Å². The van der Waals surface area contributed by atoms with E-state index in [0.717, 1.165) is 5.39 Å². The second kappa shape index (κ2) is 5.76. The van der Waals surface area contributed by atoms with E-state index >= 15 is 0 Å². The molecular weight excluding hydrogens is 294 g/mol. The number of ketones is 1. The molecule has 3 aromatic rings. The van der Waals surface area contributed by atoms with Gasteiger partial charge in [0.1, 0.15) is 5.58 Å². The first-order valence-electron chi connectivity index (χ1n) is 7.42. The summed E-state index contributed by atoms with van der Waals surface area (Å²) in [5, 5.41) is 0.863. The Morgan fingerprint density at radius 3 is 2.65 bits per heavy atom. The molecule has 0 fully saturated rings. The lowest BCUT2D eigenvalue weighted by atomic mass is 10.1. The van der Waals surface area contributed by atoms with Crippen molar-refractivity contribution in [3.05, 3.63) is 58.6 Å². The third-order valence-electron chi connectivity index (χ3n) is 3.79. The Morgan fingerprint density at radius 2 is 1.96 bits per heavy atom. The molecule has 1 N–H and O–H groups in total. The summed E-state index contributed by atoms with van der Waals surface area (Å²) in [6.45, 7) is 5.51. The van der Waals surface area contributed by atoms with Crippen LogP contribution in [0.25, 0.3) is 11.0 Å². The van der Waals surface area contributed by atoms with E-state index in [2.05, 4.69) is 4.98 Å². The number of hydrogen-bond acceptors (Lipinski definition) is 4. The van der Waals surface area contributed by atoms with Crippen LogP contribution in [0, 0.1) is 13.8 Å². The topological polar surface area (TPSA) is 72.3 Å². The molecule has 0 aliphatic carbocycles. The van der Waals surface area contributed by atoms with Crippen molar-refractivity contribution < 1.29 is 18.7 Å². The minimum absolute atomic E-state index is 0.242. The summed E-state index contributed by atoms with van der Waals surface area (Å²) >= 11 is 0. The number of aromatic amines is 1. The Bertz CT molecular complexity index is 868. The van der Waals surface area contributed by atoms with Crippen LogP contribution >= 0.6 is 0 Å². The summed E-state index contributed by atoms with van der Waals surface area (Å²) in [4.78, 5) is 27.7. The van der Waals surface area contributed by atoms with Crippen LogP contribution in [0.4, 0.5) is 0 Å². The third kappa shape index (κ3) is 2.54. The Morgan fingerprint density at radius 1 is 1.22 bits per heavy atom. The van der Waals surface area contributed by atoms with Crippen molar-refractivity contribution in [1.29, 1.82) is 0 Å². The van der Waals surface area contributed by atoms with E-state index < -0.39 is 5.97 Å². The van der Waals surface area contributed by atoms with E-state index in [0.29, 0.717) is 28.1 Å². The van der Waals surface area contributed by atoms with Gasteiger partial charge in [-0.15, -0.1) is 0 Å². The zero-order valence-electron chi connectivity index (χ0n) is 13.2. The number of fused-ring (bicyclic) bond motifs is 1. The lowest BCUT2D eigenvalue weighted by Crippen LogP contribution is -2.07. The van der Waals surface area contributed by atoms with Crippen molar-refractivity contribution in [3.63, 3.8) is 0 Å². The van der Waals surface area contributed by atoms with Crippen LogP contribution in [0.5, 0.6) is 0 Å². The van der Waals surface area contributed by atoms with Crippen molar-refractivity contribution in [3.8, 4) is 0 Å². The predicted octanol–water partition coefficient (Wildman–Crippen LogP) is 3.79. The first-order valence-corrected chi connectivity index (χ1v) is 7.42. The summed E-state index contributed by atoms with van der Waals surface area (Å²) in [7, 11) is 0. The number of aromatic nitrogens is 1. The molecule has 2 aromatic heterocycles. The zero-order valence-corrected chi connectivity index (χ0v) is 13.2. The quantitative estimate of drug-likeness (QED) is 0.588. The van der Waals surface area contributed by atoms with Crippen molar-refractivity contribution >= 4 is 22.7 Å². The molecule has 5 heteroatoms. The molecule has 0 bridgehead atoms. The van der Waals surface area contributed by atoms with Gasteiger partial charge in [0.25, 0.3) is 0 Å². The molecule has 3 rings (SSSR count). The summed E-state index contributed by atoms with van der Waals surface area (Å²) in [6.07, 6.45) is 0. The first kappa shape index (κ1) is 15.1. The van der Waals surface area contributed by atoms with Gasteiger partial charge in [-0.3, -0.25) is 4.79 Å². The highest BCUT2D eigenvalue weighted by molar-refractivity contribution is 6.10. The van der Waals surface area contributed by atoms with Crippen molar-refractivity contribution in [2.75, 3.05) is 6.61 Å². The maximum Gasteiger partial charge on any atom is 0.340 e. The van der Waals surface area contributed by atoms with Gasteiger partial charge in [0, 0.05) is 11.1 Å². The summed E-state index contributed by atoms with van der Waals surface area (Å²) in [5.41, 5.74) is 2.60. The van der Waals surface area contributed by atoms with Crippen LogP contribution in [0.2, 0.25) is 0 Å². The Labute approximate surface area is 133 Å². The van der Waals surface area contributed by atoms with E-state index in [1.54, 1.807) is 26.8 Å². The number of rotatable bonds is 4. The van der Waals surface area contributed by atoms with E-state index in [4.69, 9.17) is 9.15 Å². The molecule has 0 saturated carbocycles. The summed E-state index contributed by atoms with van der Waals surface area (Å²) < 4.78 is 10.7. The number of para-hydroxylation sites is 1. The summed E-state index contributed by atoms with van der Waals surface area (Å²) in [6, 6.07) is 9.13. The lowest BCUT2D eigenvalue weighted by Gasteiger charge is -2.02. The highest BCUT2D eigenvalue weighted by Gasteiger charge is 2.25. The van der Waals surface area contributed by atoms with Gasteiger partial charge in [0.05, 0.1) is 17.9 Å². The van der Waals surface area contributed by atoms with E-state index in [1.165, 1.54) is 0 Å². The van der Waals surface area contributed by atoms with Gasteiger partial charge < -0.3 is 14.1 Å². The van der Waals surface area contributed by atoms with Crippen molar-refractivity contribution in [2.24, 2.45) is 0 Å². The van der Waals surface area contributed by atoms with Gasteiger partial charge in [-0.1, -0.05) is 18.2 Å². The number of furan rings is 1. The molecule has 0 aliphatic rings. The molecule has 0 amide bonds. The maximum atomic E-state index is 12.7. The highest BCUT2D eigenvalue weighted by atomic mass is 16.5. The molecule has 0 atom stereocenters. The largest absolute Gasteiger partial charge is 0.462 e. The van der Waals surface area contributed by atoms with E-state index in [1.807, 2.05) is 24.3 Å². The molecule has 5 nitrogen and oxygen atoms in total. The zero-order chi connectivity index (χ0) is 16.6. The highest BCUT2D eigenvalue weighted by Crippen LogP contribution is 2.25. The molecule has 23 heavy (non-hydrogen) atoms. The van der Waals surface area contributed by atoms with Gasteiger partial charge in [0.15, 0.2) is 5.76 Å². The average molecular weight is 311 g/mol. The number of esters is 1. The normalized spacial score (nSPS) is 10.9. The Balaban J connectivity index is 2.03. The third-order valence-corrected chi connectivity index (χ3v) is 3.79. The monoisotopic (exact) mass is 311 g/mol. The van der Waals surface area contributed by atoms with Crippen LogP contribution in [-0.2, 0) is 4.74 Å². The van der Waals surface area contributed by atoms with Crippen molar-refractivity contribution in [2.45, 2.75) is 20.8 Å². The first-order chi connectivity index (χ1) is 11.0. The fourth-order valence-electron chi connectivity index (χ4n) is 2.70. The fraction of sp³-hybridized carbons (Fsp3) is 0.222. The van der Waals surface area contributed by atoms with E-state index in [9.17, 15) is 9.59 Å². The molecule has 0 aliphatic heterocycles. The minimum Gasteiger partial charge on any atom is -0.462 e. The van der Waals surface area contributed by atoms with Gasteiger partial charge in [0.2, 0.25) is 5.78 Å². The molecule has 0 radical (unpaired) electrons. The number of carbonyl (C=O) groups excluding carboxylic acids is 2. The van der Waals surface area contributed by atoms with Gasteiger partial charge in [-0.25, -0.2) is 4.79 Å². The van der Waals surface area contributed by atoms with E-state index in [-0.39, 0.29) is 18.2 Å². The lowest BCUT2D eigenvalue weighted by molar-refractivity contribution is 0.0525. The molecule has 0 saturated heterocycles. The predicted molar refractivity (Wildman–Crippen MR) is 85.9 cm³/mol. The number of ether oxygens (including phenoxy) is 1. The smallest absolute Gasteiger partial charge is 0.340 e. The average Bonchev–Trinajstić information content (AvgIpc) is 3.08. The Hall–Kier alpha value is -2.82. The van der Waals surface area contributed by atoms with Crippen LogP contribution < -0.4 is 0 Å².